The number of nitrogens with zero attached hydrogens (tertiary/aromatic N) is 3. The zero-order valence-corrected chi connectivity index (χ0v) is 9.90. The molecule has 0 fully saturated rings. The lowest BCUT2D eigenvalue weighted by Gasteiger charge is -2.10. The third-order valence-electron chi connectivity index (χ3n) is 2.64. The predicted molar refractivity (Wildman–Crippen MR) is 66.4 cm³/mol. The monoisotopic (exact) mass is 248 g/mol. The fourth-order valence-electron chi connectivity index (χ4n) is 1.78. The van der Waals surface area contributed by atoms with Gasteiger partial charge in [0.25, 0.3) is 0 Å². The Hall–Kier alpha value is -1.76. The molecule has 0 amide bonds. The van der Waals surface area contributed by atoms with Crippen molar-refractivity contribution in [2.24, 2.45) is 5.73 Å². The average molecular weight is 248 g/mol. The number of aliphatic hydroxyl groups excluding tert-OH is 2. The van der Waals surface area contributed by atoms with Crippen LogP contribution in [0.4, 0.5) is 0 Å². The molecule has 0 saturated carbocycles. The van der Waals surface area contributed by atoms with E-state index in [-0.39, 0.29) is 19.7 Å². The lowest BCUT2D eigenvalue weighted by molar-refractivity contribution is 0.0782. The van der Waals surface area contributed by atoms with Crippen LogP contribution in [0.25, 0.3) is 11.3 Å². The lowest BCUT2D eigenvalue weighted by Crippen LogP contribution is -2.21. The van der Waals surface area contributed by atoms with Crippen LogP contribution in [0.1, 0.15) is 5.69 Å². The maximum absolute atomic E-state index is 9.49. The Labute approximate surface area is 105 Å². The molecule has 1 atom stereocenters. The van der Waals surface area contributed by atoms with Gasteiger partial charge >= 0.3 is 0 Å². The first kappa shape index (κ1) is 12.7. The van der Waals surface area contributed by atoms with Crippen molar-refractivity contribution in [3.05, 3.63) is 36.0 Å². The Balaban J connectivity index is 2.40. The smallest absolute Gasteiger partial charge is 0.104 e. The van der Waals surface area contributed by atoms with Crippen LogP contribution >= 0.6 is 0 Å². The molecule has 0 aliphatic heterocycles. The van der Waals surface area contributed by atoms with Gasteiger partial charge in [-0.15, -0.1) is 5.10 Å². The molecule has 1 aromatic carbocycles. The van der Waals surface area contributed by atoms with Crippen molar-refractivity contribution >= 4 is 0 Å². The highest BCUT2D eigenvalue weighted by Gasteiger charge is 2.15. The Morgan fingerprint density at radius 1 is 1.28 bits per heavy atom. The van der Waals surface area contributed by atoms with Crippen LogP contribution in [0.2, 0.25) is 0 Å². The molecule has 2 aromatic rings. The van der Waals surface area contributed by atoms with Gasteiger partial charge in [-0.1, -0.05) is 35.5 Å². The Bertz CT molecular complexity index is 498. The quantitative estimate of drug-likeness (QED) is 0.678. The van der Waals surface area contributed by atoms with Gasteiger partial charge in [0, 0.05) is 12.1 Å². The van der Waals surface area contributed by atoms with E-state index in [0.717, 1.165) is 11.3 Å². The molecule has 4 N–H and O–H groups in total. The summed E-state index contributed by atoms with van der Waals surface area (Å²) in [7, 11) is 0. The standard InChI is InChI=1S/C12H16N4O2/c13-6-11-12(9-4-2-1-3-5-9)16(15-14-11)7-10(18)8-17/h1-5,10,17-18H,6-8,13H2. The van der Waals surface area contributed by atoms with Crippen LogP contribution in [-0.4, -0.2) is 37.9 Å². The Morgan fingerprint density at radius 3 is 2.61 bits per heavy atom. The molecular formula is C12H16N4O2. The Kier molecular flexibility index (Phi) is 4.03. The number of aliphatic hydroxyl groups is 2. The second-order valence-corrected chi connectivity index (χ2v) is 3.97. The number of benzene rings is 1. The van der Waals surface area contributed by atoms with Gasteiger partial charge in [0.1, 0.15) is 5.69 Å². The van der Waals surface area contributed by atoms with Crippen LogP contribution in [0, 0.1) is 0 Å². The zero-order chi connectivity index (χ0) is 13.0. The van der Waals surface area contributed by atoms with Gasteiger partial charge in [0.05, 0.1) is 24.9 Å². The van der Waals surface area contributed by atoms with Crippen molar-refractivity contribution in [3.63, 3.8) is 0 Å². The topological polar surface area (TPSA) is 97.2 Å². The third-order valence-corrected chi connectivity index (χ3v) is 2.64. The number of nitrogens with two attached hydrogens (primary N) is 1. The SMILES string of the molecule is NCc1nnn(CC(O)CO)c1-c1ccccc1. The van der Waals surface area contributed by atoms with Crippen molar-refractivity contribution in [1.29, 1.82) is 0 Å². The fourth-order valence-corrected chi connectivity index (χ4v) is 1.78. The summed E-state index contributed by atoms with van der Waals surface area (Å²) in [5.74, 6) is 0. The summed E-state index contributed by atoms with van der Waals surface area (Å²) in [4.78, 5) is 0. The van der Waals surface area contributed by atoms with E-state index < -0.39 is 6.10 Å². The van der Waals surface area contributed by atoms with Crippen LogP contribution < -0.4 is 5.73 Å². The fraction of sp³-hybridized carbons (Fsp3) is 0.333. The number of hydrogen-bond donors (Lipinski definition) is 3. The van der Waals surface area contributed by atoms with Gasteiger partial charge in [-0.05, 0) is 0 Å². The van der Waals surface area contributed by atoms with E-state index in [2.05, 4.69) is 10.3 Å². The van der Waals surface area contributed by atoms with E-state index in [1.54, 1.807) is 4.68 Å². The molecule has 0 aliphatic rings. The molecule has 0 spiro atoms. The van der Waals surface area contributed by atoms with Gasteiger partial charge in [0.2, 0.25) is 0 Å². The molecule has 6 nitrogen and oxygen atoms in total. The first-order valence-corrected chi connectivity index (χ1v) is 5.73. The minimum absolute atomic E-state index is 0.188. The normalized spacial score (nSPS) is 12.6. The molecule has 1 heterocycles. The maximum atomic E-state index is 9.49. The van der Waals surface area contributed by atoms with Crippen LogP contribution in [0.3, 0.4) is 0 Å². The van der Waals surface area contributed by atoms with E-state index in [1.807, 2.05) is 30.3 Å². The first-order valence-electron chi connectivity index (χ1n) is 5.73. The molecule has 0 bridgehead atoms. The highest BCUT2D eigenvalue weighted by Crippen LogP contribution is 2.21. The molecule has 0 saturated heterocycles. The molecule has 0 radical (unpaired) electrons. The van der Waals surface area contributed by atoms with Gasteiger partial charge in [-0.25, -0.2) is 4.68 Å². The van der Waals surface area contributed by atoms with Gasteiger partial charge < -0.3 is 15.9 Å². The van der Waals surface area contributed by atoms with Crippen molar-refractivity contribution in [2.45, 2.75) is 19.2 Å². The first-order chi connectivity index (χ1) is 8.76. The third kappa shape index (κ3) is 2.56. The molecular weight excluding hydrogens is 232 g/mol. The minimum atomic E-state index is -0.861. The predicted octanol–water partition coefficient (Wildman–Crippen LogP) is -0.243. The van der Waals surface area contributed by atoms with Crippen LogP contribution in [-0.2, 0) is 13.1 Å². The second-order valence-electron chi connectivity index (χ2n) is 3.97. The van der Waals surface area contributed by atoms with Crippen LogP contribution in [0.5, 0.6) is 0 Å². The summed E-state index contributed by atoms with van der Waals surface area (Å²) in [6.45, 7) is 0.152. The molecule has 96 valence electrons. The molecule has 6 heteroatoms. The van der Waals surface area contributed by atoms with Gasteiger partial charge in [0.15, 0.2) is 0 Å². The van der Waals surface area contributed by atoms with E-state index >= 15 is 0 Å². The van der Waals surface area contributed by atoms with Gasteiger partial charge in [-0.2, -0.15) is 0 Å². The summed E-state index contributed by atoms with van der Waals surface area (Å²) in [5, 5.41) is 26.3. The largest absolute Gasteiger partial charge is 0.394 e. The van der Waals surface area contributed by atoms with E-state index in [1.165, 1.54) is 0 Å². The lowest BCUT2D eigenvalue weighted by atomic mass is 10.1. The van der Waals surface area contributed by atoms with Gasteiger partial charge in [-0.3, -0.25) is 0 Å². The summed E-state index contributed by atoms with van der Waals surface area (Å²) in [6, 6.07) is 9.60. The molecule has 0 aliphatic carbocycles. The summed E-state index contributed by atoms with van der Waals surface area (Å²) >= 11 is 0. The van der Waals surface area contributed by atoms with E-state index in [9.17, 15) is 5.11 Å². The van der Waals surface area contributed by atoms with Crippen molar-refractivity contribution in [2.75, 3.05) is 6.61 Å². The van der Waals surface area contributed by atoms with Crippen LogP contribution in [0.15, 0.2) is 30.3 Å². The number of aromatic nitrogens is 3. The highest BCUT2D eigenvalue weighted by atomic mass is 16.3. The summed E-state index contributed by atoms with van der Waals surface area (Å²) < 4.78 is 1.57. The molecule has 2 rings (SSSR count). The summed E-state index contributed by atoms with van der Waals surface area (Å²) in [6.07, 6.45) is -0.861. The van der Waals surface area contributed by atoms with E-state index in [4.69, 9.17) is 10.8 Å². The highest BCUT2D eigenvalue weighted by molar-refractivity contribution is 5.61. The number of rotatable bonds is 5. The van der Waals surface area contributed by atoms with Crippen molar-refractivity contribution in [1.82, 2.24) is 15.0 Å². The zero-order valence-electron chi connectivity index (χ0n) is 9.90. The maximum Gasteiger partial charge on any atom is 0.104 e. The Morgan fingerprint density at radius 2 is 2.00 bits per heavy atom. The molecule has 1 aromatic heterocycles. The second kappa shape index (κ2) is 5.72. The molecule has 18 heavy (non-hydrogen) atoms. The summed E-state index contributed by atoms with van der Waals surface area (Å²) in [5.41, 5.74) is 8.03. The molecule has 1 unspecified atom stereocenters. The minimum Gasteiger partial charge on any atom is -0.394 e. The van der Waals surface area contributed by atoms with E-state index in [0.29, 0.717) is 5.69 Å². The van der Waals surface area contributed by atoms with Crippen molar-refractivity contribution in [3.8, 4) is 11.3 Å². The number of hydrogen-bond acceptors (Lipinski definition) is 5. The van der Waals surface area contributed by atoms with Crippen molar-refractivity contribution < 1.29 is 10.2 Å². The average Bonchev–Trinajstić information content (AvgIpc) is 2.82.